The van der Waals surface area contributed by atoms with E-state index in [1.807, 2.05) is 0 Å². The zero-order valence-electron chi connectivity index (χ0n) is 13.7. The Morgan fingerprint density at radius 2 is 1.52 bits per heavy atom. The number of amides is 2. The van der Waals surface area contributed by atoms with E-state index < -0.39 is 48.9 Å². The highest BCUT2D eigenvalue weighted by Gasteiger charge is 2.54. The van der Waals surface area contributed by atoms with Gasteiger partial charge in [0.25, 0.3) is 0 Å². The number of alkyl halides is 3. The van der Waals surface area contributed by atoms with Gasteiger partial charge in [-0.05, 0) is 25.7 Å². The average Bonchev–Trinajstić information content (AvgIpc) is 3.29. The first kappa shape index (κ1) is 18.0. The first-order chi connectivity index (χ1) is 11.7. The molecule has 0 radical (unpaired) electrons. The maximum Gasteiger partial charge on any atom is 0.394 e. The molecule has 2 heterocycles. The number of likely N-dealkylation sites (tertiary alicyclic amines) is 2. The number of carbonyl (C=O) groups is 3. The second-order valence-electron chi connectivity index (χ2n) is 7.23. The molecular formula is C16H21F3N2O4. The van der Waals surface area contributed by atoms with Gasteiger partial charge in [-0.2, -0.15) is 13.2 Å². The maximum absolute atomic E-state index is 13.1. The third kappa shape index (κ3) is 3.74. The molecule has 3 fully saturated rings. The summed E-state index contributed by atoms with van der Waals surface area (Å²) in [6, 6.07) is 0. The number of carbonyl (C=O) groups excluding carboxylic acids is 2. The Balaban J connectivity index is 1.66. The predicted octanol–water partition coefficient (Wildman–Crippen LogP) is 1.36. The summed E-state index contributed by atoms with van der Waals surface area (Å²) in [5, 5.41) is 9.05. The lowest BCUT2D eigenvalue weighted by molar-refractivity contribution is -0.188. The number of nitrogens with zero attached hydrogens (tertiary/aromatic N) is 2. The summed E-state index contributed by atoms with van der Waals surface area (Å²) < 4.78 is 39.2. The van der Waals surface area contributed by atoms with Crippen molar-refractivity contribution in [3.05, 3.63) is 0 Å². The largest absolute Gasteiger partial charge is 0.481 e. The minimum Gasteiger partial charge on any atom is -0.481 e. The summed E-state index contributed by atoms with van der Waals surface area (Å²) in [6.07, 6.45) is -1.80. The number of aliphatic carboxylic acids is 1. The summed E-state index contributed by atoms with van der Waals surface area (Å²) in [7, 11) is 0. The lowest BCUT2D eigenvalue weighted by Gasteiger charge is -2.34. The smallest absolute Gasteiger partial charge is 0.394 e. The van der Waals surface area contributed by atoms with Gasteiger partial charge in [-0.3, -0.25) is 14.4 Å². The van der Waals surface area contributed by atoms with Gasteiger partial charge < -0.3 is 14.9 Å². The molecule has 9 heteroatoms. The van der Waals surface area contributed by atoms with Crippen LogP contribution < -0.4 is 0 Å². The van der Waals surface area contributed by atoms with Crippen molar-refractivity contribution in [2.24, 2.45) is 23.7 Å². The molecule has 0 aromatic rings. The van der Waals surface area contributed by atoms with Crippen LogP contribution >= 0.6 is 0 Å². The first-order valence-electron chi connectivity index (χ1n) is 8.55. The van der Waals surface area contributed by atoms with Gasteiger partial charge in [0.05, 0.1) is 17.8 Å². The molecule has 6 nitrogen and oxygen atoms in total. The molecular weight excluding hydrogens is 341 g/mol. The molecule has 1 aliphatic carbocycles. The van der Waals surface area contributed by atoms with Crippen LogP contribution in [-0.4, -0.2) is 65.0 Å². The molecule has 1 saturated carbocycles. The number of hydrogen-bond donors (Lipinski definition) is 1. The van der Waals surface area contributed by atoms with Gasteiger partial charge in [-0.1, -0.05) is 0 Å². The molecule has 0 aromatic carbocycles. The highest BCUT2D eigenvalue weighted by molar-refractivity contribution is 5.84. The summed E-state index contributed by atoms with van der Waals surface area (Å²) in [5.74, 6) is -6.16. The second kappa shape index (κ2) is 6.49. The van der Waals surface area contributed by atoms with E-state index >= 15 is 0 Å². The molecule has 3 aliphatic rings. The fourth-order valence-corrected chi connectivity index (χ4v) is 3.79. The Morgan fingerprint density at radius 3 is 2.04 bits per heavy atom. The SMILES string of the molecule is O=C(O)[C@@H]1CN(C(=O)C2CCCN(C(=O)C3CC3)C2)C[C@H]1C(F)(F)F. The Morgan fingerprint density at radius 1 is 0.880 bits per heavy atom. The van der Waals surface area contributed by atoms with Crippen LogP contribution in [0.5, 0.6) is 0 Å². The third-order valence-corrected chi connectivity index (χ3v) is 5.38. The predicted molar refractivity (Wildman–Crippen MR) is 79.3 cm³/mol. The molecule has 1 N–H and O–H groups in total. The van der Waals surface area contributed by atoms with Crippen molar-refractivity contribution in [2.45, 2.75) is 31.9 Å². The zero-order chi connectivity index (χ0) is 18.4. The van der Waals surface area contributed by atoms with E-state index in [1.165, 1.54) is 0 Å². The standard InChI is InChI=1S/C16H21F3N2O4/c17-16(18,19)12-8-21(7-11(12)15(24)25)14(23)10-2-1-5-20(6-10)13(22)9-3-4-9/h9-12H,1-8H2,(H,24,25)/t10?,11-,12-/m1/s1. The molecule has 1 unspecified atom stereocenters. The van der Waals surface area contributed by atoms with Gasteiger partial charge in [0.1, 0.15) is 0 Å². The number of rotatable bonds is 3. The van der Waals surface area contributed by atoms with Crippen molar-refractivity contribution in [1.82, 2.24) is 9.80 Å². The molecule has 140 valence electrons. The summed E-state index contributed by atoms with van der Waals surface area (Å²) in [6.45, 7) is -0.251. The fourth-order valence-electron chi connectivity index (χ4n) is 3.79. The molecule has 2 saturated heterocycles. The molecule has 0 aromatic heterocycles. The number of carboxylic acid groups (broad SMARTS) is 1. The molecule has 2 amide bonds. The van der Waals surface area contributed by atoms with E-state index in [4.69, 9.17) is 5.11 Å². The molecule has 0 spiro atoms. The number of hydrogen-bond acceptors (Lipinski definition) is 3. The van der Waals surface area contributed by atoms with E-state index in [2.05, 4.69) is 0 Å². The van der Waals surface area contributed by atoms with Crippen LogP contribution in [0.1, 0.15) is 25.7 Å². The van der Waals surface area contributed by atoms with Crippen molar-refractivity contribution < 1.29 is 32.7 Å². The molecule has 0 bridgehead atoms. The summed E-state index contributed by atoms with van der Waals surface area (Å²) in [4.78, 5) is 38.6. The number of piperidine rings is 1. The molecule has 25 heavy (non-hydrogen) atoms. The van der Waals surface area contributed by atoms with E-state index in [0.29, 0.717) is 19.4 Å². The summed E-state index contributed by atoms with van der Waals surface area (Å²) >= 11 is 0. The average molecular weight is 362 g/mol. The molecule has 2 aliphatic heterocycles. The van der Waals surface area contributed by atoms with E-state index in [1.54, 1.807) is 4.90 Å². The Kier molecular flexibility index (Phi) is 4.68. The van der Waals surface area contributed by atoms with Crippen molar-refractivity contribution in [3.8, 4) is 0 Å². The first-order valence-corrected chi connectivity index (χ1v) is 8.55. The lowest BCUT2D eigenvalue weighted by atomic mass is 9.96. The number of carboxylic acids is 1. The van der Waals surface area contributed by atoms with Gasteiger partial charge in [-0.25, -0.2) is 0 Å². The van der Waals surface area contributed by atoms with Crippen LogP contribution in [0.4, 0.5) is 13.2 Å². The Bertz CT molecular complexity index is 576. The van der Waals surface area contributed by atoms with Crippen molar-refractivity contribution in [2.75, 3.05) is 26.2 Å². The minimum atomic E-state index is -4.65. The molecule has 3 rings (SSSR count). The molecule has 3 atom stereocenters. The monoisotopic (exact) mass is 362 g/mol. The van der Waals surface area contributed by atoms with Gasteiger partial charge >= 0.3 is 12.1 Å². The third-order valence-electron chi connectivity index (χ3n) is 5.38. The van der Waals surface area contributed by atoms with Crippen molar-refractivity contribution >= 4 is 17.8 Å². The Hall–Kier alpha value is -1.80. The van der Waals surface area contributed by atoms with Crippen LogP contribution in [0.25, 0.3) is 0 Å². The van der Waals surface area contributed by atoms with Crippen LogP contribution in [0.3, 0.4) is 0 Å². The van der Waals surface area contributed by atoms with E-state index in [-0.39, 0.29) is 18.4 Å². The second-order valence-corrected chi connectivity index (χ2v) is 7.23. The van der Waals surface area contributed by atoms with Gasteiger partial charge in [0.15, 0.2) is 0 Å². The van der Waals surface area contributed by atoms with Gasteiger partial charge in [0.2, 0.25) is 11.8 Å². The topological polar surface area (TPSA) is 77.9 Å². The Labute approximate surface area is 142 Å². The highest BCUT2D eigenvalue weighted by Crippen LogP contribution is 2.39. The zero-order valence-corrected chi connectivity index (χ0v) is 13.7. The van der Waals surface area contributed by atoms with E-state index in [0.717, 1.165) is 17.7 Å². The minimum absolute atomic E-state index is 0.0236. The normalized spacial score (nSPS) is 30.4. The fraction of sp³-hybridized carbons (Fsp3) is 0.812. The van der Waals surface area contributed by atoms with Gasteiger partial charge in [0, 0.05) is 32.1 Å². The van der Waals surface area contributed by atoms with Crippen LogP contribution in [-0.2, 0) is 14.4 Å². The van der Waals surface area contributed by atoms with Crippen LogP contribution in [0.2, 0.25) is 0 Å². The summed E-state index contributed by atoms with van der Waals surface area (Å²) in [5.41, 5.74) is 0. The van der Waals surface area contributed by atoms with E-state index in [9.17, 15) is 27.6 Å². The van der Waals surface area contributed by atoms with Gasteiger partial charge in [-0.15, -0.1) is 0 Å². The van der Waals surface area contributed by atoms with Crippen LogP contribution in [0.15, 0.2) is 0 Å². The van der Waals surface area contributed by atoms with Crippen molar-refractivity contribution in [1.29, 1.82) is 0 Å². The highest BCUT2D eigenvalue weighted by atomic mass is 19.4. The quantitative estimate of drug-likeness (QED) is 0.822. The number of halogens is 3. The lowest BCUT2D eigenvalue weighted by Crippen LogP contribution is -2.47. The van der Waals surface area contributed by atoms with Crippen molar-refractivity contribution in [3.63, 3.8) is 0 Å². The maximum atomic E-state index is 13.1. The van der Waals surface area contributed by atoms with Crippen LogP contribution in [0, 0.1) is 23.7 Å².